The Kier molecular flexibility index (Phi) is 4.79. The highest BCUT2D eigenvalue weighted by molar-refractivity contribution is 5.93. The average molecular weight is 328 g/mol. The molecule has 0 unspecified atom stereocenters. The molecule has 2 aromatic rings. The van der Waals surface area contributed by atoms with Crippen LogP contribution in [0.5, 0.6) is 0 Å². The Labute approximate surface area is 140 Å². The lowest BCUT2D eigenvalue weighted by molar-refractivity contribution is -0.121. The summed E-state index contributed by atoms with van der Waals surface area (Å²) >= 11 is 0. The maximum Gasteiger partial charge on any atom is 0.323 e. The van der Waals surface area contributed by atoms with Crippen LogP contribution in [0, 0.1) is 12.8 Å². The number of carbonyl (C=O) groups is 2. The van der Waals surface area contributed by atoms with Gasteiger partial charge in [-0.2, -0.15) is 0 Å². The minimum Gasteiger partial charge on any atom is -0.360 e. The number of carbonyl (C=O) groups excluding carboxylic acids is 2. The van der Waals surface area contributed by atoms with Crippen LogP contribution in [0.25, 0.3) is 0 Å². The Hall–Kier alpha value is -2.83. The van der Waals surface area contributed by atoms with E-state index in [0.717, 1.165) is 5.69 Å². The maximum atomic E-state index is 12.3. The summed E-state index contributed by atoms with van der Waals surface area (Å²) in [5.41, 5.74) is 0.795. The molecule has 1 fully saturated rings. The fourth-order valence-corrected chi connectivity index (χ4v) is 2.72. The van der Waals surface area contributed by atoms with E-state index in [1.54, 1.807) is 17.9 Å². The standard InChI is InChI=1S/C17H20N4O3/c1-12-11-15(20-24-12)19-17(23)21-9-7-13(8-10-21)16(22)18-14-5-3-2-4-6-14/h2-6,11,13H,7-10H2,1H3,(H,18,22)(H,19,20,23). The first-order valence-electron chi connectivity index (χ1n) is 7.97. The van der Waals surface area contributed by atoms with Gasteiger partial charge in [-0.25, -0.2) is 4.79 Å². The van der Waals surface area contributed by atoms with Crippen LogP contribution in [0.15, 0.2) is 40.9 Å². The summed E-state index contributed by atoms with van der Waals surface area (Å²) in [4.78, 5) is 26.2. The van der Waals surface area contributed by atoms with E-state index in [-0.39, 0.29) is 17.9 Å². The van der Waals surface area contributed by atoms with Crippen LogP contribution in [0.1, 0.15) is 18.6 Å². The molecule has 0 saturated carbocycles. The van der Waals surface area contributed by atoms with Crippen molar-refractivity contribution >= 4 is 23.4 Å². The maximum absolute atomic E-state index is 12.3. The quantitative estimate of drug-likeness (QED) is 0.907. The van der Waals surface area contributed by atoms with Crippen molar-refractivity contribution in [1.82, 2.24) is 10.1 Å². The number of likely N-dealkylation sites (tertiary alicyclic amines) is 1. The Morgan fingerprint density at radius 3 is 2.50 bits per heavy atom. The smallest absolute Gasteiger partial charge is 0.323 e. The number of hydrogen-bond donors (Lipinski definition) is 2. The van der Waals surface area contributed by atoms with Crippen molar-refractivity contribution < 1.29 is 14.1 Å². The lowest BCUT2D eigenvalue weighted by atomic mass is 9.96. The Morgan fingerprint density at radius 2 is 1.88 bits per heavy atom. The van der Waals surface area contributed by atoms with Crippen molar-refractivity contribution in [3.63, 3.8) is 0 Å². The first kappa shape index (κ1) is 16.0. The highest BCUT2D eigenvalue weighted by Crippen LogP contribution is 2.20. The monoisotopic (exact) mass is 328 g/mol. The van der Waals surface area contributed by atoms with E-state index >= 15 is 0 Å². The van der Waals surface area contributed by atoms with Gasteiger partial charge in [-0.3, -0.25) is 10.1 Å². The number of nitrogens with one attached hydrogen (secondary N) is 2. The van der Waals surface area contributed by atoms with Gasteiger partial charge in [0.15, 0.2) is 5.82 Å². The topological polar surface area (TPSA) is 87.5 Å². The molecule has 0 radical (unpaired) electrons. The zero-order valence-electron chi connectivity index (χ0n) is 13.5. The average Bonchev–Trinajstić information content (AvgIpc) is 3.00. The first-order chi connectivity index (χ1) is 11.6. The molecule has 0 atom stereocenters. The minimum absolute atomic E-state index is 0.00776. The number of para-hydroxylation sites is 1. The molecule has 3 rings (SSSR count). The molecule has 24 heavy (non-hydrogen) atoms. The molecule has 1 saturated heterocycles. The summed E-state index contributed by atoms with van der Waals surface area (Å²) < 4.78 is 4.92. The third-order valence-corrected chi connectivity index (χ3v) is 4.06. The van der Waals surface area contributed by atoms with E-state index in [1.807, 2.05) is 30.3 Å². The van der Waals surface area contributed by atoms with Gasteiger partial charge in [0, 0.05) is 30.8 Å². The van der Waals surface area contributed by atoms with Gasteiger partial charge in [0.2, 0.25) is 5.91 Å². The van der Waals surface area contributed by atoms with E-state index in [1.165, 1.54) is 0 Å². The second-order valence-corrected chi connectivity index (χ2v) is 5.87. The van der Waals surface area contributed by atoms with Crippen LogP contribution in [-0.2, 0) is 4.79 Å². The number of benzene rings is 1. The fourth-order valence-electron chi connectivity index (χ4n) is 2.72. The van der Waals surface area contributed by atoms with Gasteiger partial charge in [0.05, 0.1) is 0 Å². The number of rotatable bonds is 3. The van der Waals surface area contributed by atoms with Crippen molar-refractivity contribution in [3.8, 4) is 0 Å². The van der Waals surface area contributed by atoms with Crippen molar-refractivity contribution in [3.05, 3.63) is 42.2 Å². The van der Waals surface area contributed by atoms with Gasteiger partial charge in [-0.1, -0.05) is 23.4 Å². The lowest BCUT2D eigenvalue weighted by Crippen LogP contribution is -2.43. The van der Waals surface area contributed by atoms with E-state index in [0.29, 0.717) is 37.5 Å². The third kappa shape index (κ3) is 3.92. The second kappa shape index (κ2) is 7.16. The number of aryl methyl sites for hydroxylation is 1. The zero-order chi connectivity index (χ0) is 16.9. The summed E-state index contributed by atoms with van der Waals surface area (Å²) in [5.74, 6) is 0.972. The number of amides is 3. The predicted octanol–water partition coefficient (Wildman–Crippen LogP) is 2.87. The Bertz CT molecular complexity index is 706. The molecular formula is C17H20N4O3. The minimum atomic E-state index is -0.217. The van der Waals surface area contributed by atoms with Crippen LogP contribution < -0.4 is 10.6 Å². The number of urea groups is 1. The zero-order valence-corrected chi connectivity index (χ0v) is 13.5. The van der Waals surface area contributed by atoms with Crippen LogP contribution in [-0.4, -0.2) is 35.1 Å². The lowest BCUT2D eigenvalue weighted by Gasteiger charge is -2.31. The molecule has 126 valence electrons. The molecule has 2 heterocycles. The van der Waals surface area contributed by atoms with Gasteiger partial charge in [-0.15, -0.1) is 0 Å². The van der Waals surface area contributed by atoms with Crippen molar-refractivity contribution in [1.29, 1.82) is 0 Å². The molecule has 2 N–H and O–H groups in total. The third-order valence-electron chi connectivity index (χ3n) is 4.06. The largest absolute Gasteiger partial charge is 0.360 e. The number of anilines is 2. The van der Waals surface area contributed by atoms with E-state index in [4.69, 9.17) is 4.52 Å². The van der Waals surface area contributed by atoms with Gasteiger partial charge in [0.25, 0.3) is 0 Å². The van der Waals surface area contributed by atoms with Crippen molar-refractivity contribution in [2.24, 2.45) is 5.92 Å². The van der Waals surface area contributed by atoms with Crippen LogP contribution in [0.3, 0.4) is 0 Å². The number of nitrogens with zero attached hydrogens (tertiary/aromatic N) is 2. The summed E-state index contributed by atoms with van der Waals surface area (Å²) in [7, 11) is 0. The summed E-state index contributed by atoms with van der Waals surface area (Å²) in [6.45, 7) is 2.84. The highest BCUT2D eigenvalue weighted by atomic mass is 16.5. The van der Waals surface area contributed by atoms with E-state index < -0.39 is 0 Å². The first-order valence-corrected chi connectivity index (χ1v) is 7.97. The normalized spacial score (nSPS) is 15.1. The molecule has 1 aromatic heterocycles. The van der Waals surface area contributed by atoms with Gasteiger partial charge < -0.3 is 14.7 Å². The molecule has 0 spiro atoms. The molecule has 0 bridgehead atoms. The van der Waals surface area contributed by atoms with Crippen LogP contribution in [0.2, 0.25) is 0 Å². The summed E-state index contributed by atoms with van der Waals surface area (Å²) in [6, 6.07) is 10.8. The number of hydrogen-bond acceptors (Lipinski definition) is 4. The molecule has 1 aromatic carbocycles. The molecule has 7 nitrogen and oxygen atoms in total. The van der Waals surface area contributed by atoms with Gasteiger partial charge in [0.1, 0.15) is 5.76 Å². The van der Waals surface area contributed by atoms with E-state index in [9.17, 15) is 9.59 Å². The number of aromatic nitrogens is 1. The molecule has 1 aliphatic rings. The molecule has 3 amide bonds. The highest BCUT2D eigenvalue weighted by Gasteiger charge is 2.27. The molecule has 0 aliphatic carbocycles. The Balaban J connectivity index is 1.48. The van der Waals surface area contributed by atoms with E-state index in [2.05, 4.69) is 15.8 Å². The fraction of sp³-hybridized carbons (Fsp3) is 0.353. The van der Waals surface area contributed by atoms with Crippen LogP contribution in [0.4, 0.5) is 16.3 Å². The molecule has 1 aliphatic heterocycles. The SMILES string of the molecule is Cc1cc(NC(=O)N2CCC(C(=O)Nc3ccccc3)CC2)no1. The Morgan fingerprint density at radius 1 is 1.17 bits per heavy atom. The number of piperidine rings is 1. The van der Waals surface area contributed by atoms with Crippen molar-refractivity contribution in [2.75, 3.05) is 23.7 Å². The molecular weight excluding hydrogens is 308 g/mol. The summed E-state index contributed by atoms with van der Waals surface area (Å²) in [5, 5.41) is 9.36. The predicted molar refractivity (Wildman–Crippen MR) is 89.6 cm³/mol. The van der Waals surface area contributed by atoms with Crippen LogP contribution >= 0.6 is 0 Å². The van der Waals surface area contributed by atoms with Crippen molar-refractivity contribution in [2.45, 2.75) is 19.8 Å². The second-order valence-electron chi connectivity index (χ2n) is 5.87. The molecule has 7 heteroatoms. The van der Waals surface area contributed by atoms with Gasteiger partial charge >= 0.3 is 6.03 Å². The summed E-state index contributed by atoms with van der Waals surface area (Å²) in [6.07, 6.45) is 1.29. The van der Waals surface area contributed by atoms with Gasteiger partial charge in [-0.05, 0) is 31.9 Å².